The summed E-state index contributed by atoms with van der Waals surface area (Å²) >= 11 is 0. The maximum Gasteiger partial charge on any atom is 0.257 e. The minimum atomic E-state index is -0.891. The molecule has 1 aliphatic heterocycles. The largest absolute Gasteiger partial charge is 0.486 e. The number of likely N-dealkylation sites (N-methyl/N-ethyl adjacent to an activating group) is 1. The van der Waals surface area contributed by atoms with Crippen molar-refractivity contribution in [1.82, 2.24) is 25.1 Å². The van der Waals surface area contributed by atoms with Crippen LogP contribution in [0.1, 0.15) is 40.3 Å². The molecule has 1 unspecified atom stereocenters. The number of ether oxygens (including phenoxy) is 1. The second-order valence-corrected chi connectivity index (χ2v) is 8.41. The zero-order valence-electron chi connectivity index (χ0n) is 19.0. The van der Waals surface area contributed by atoms with Crippen molar-refractivity contribution in [2.24, 2.45) is 0 Å². The Bertz CT molecular complexity index is 1130. The Morgan fingerprint density at radius 3 is 2.64 bits per heavy atom. The van der Waals surface area contributed by atoms with Crippen LogP contribution in [0.4, 0.5) is 0 Å². The number of aryl methyl sites for hydroxylation is 1. The van der Waals surface area contributed by atoms with Crippen LogP contribution in [0, 0.1) is 6.92 Å². The topological polar surface area (TPSA) is 102 Å². The molecule has 1 aromatic carbocycles. The summed E-state index contributed by atoms with van der Waals surface area (Å²) in [4.78, 5) is 34.8. The molecule has 1 atom stereocenters. The predicted octanol–water partition coefficient (Wildman–Crippen LogP) is 2.61. The third-order valence-corrected chi connectivity index (χ3v) is 5.98. The molecule has 0 spiro atoms. The third kappa shape index (κ3) is 4.44. The van der Waals surface area contributed by atoms with E-state index in [0.717, 1.165) is 0 Å². The number of rotatable bonds is 6. The van der Waals surface area contributed by atoms with E-state index >= 15 is 0 Å². The highest BCUT2D eigenvalue weighted by Gasteiger charge is 2.47. The molecule has 0 bridgehead atoms. The van der Waals surface area contributed by atoms with Gasteiger partial charge in [-0.1, -0.05) is 28.5 Å². The van der Waals surface area contributed by atoms with E-state index in [1.54, 1.807) is 55.2 Å². The molecule has 3 heterocycles. The molecule has 0 N–H and O–H groups in total. The van der Waals surface area contributed by atoms with E-state index in [1.807, 2.05) is 24.3 Å². The SMILES string of the molecule is Cc1nonc1COc1ccccc1C(=O)N1CCCC(C(=O)N(C)C)(c2ccccn2)C1. The van der Waals surface area contributed by atoms with Gasteiger partial charge in [-0.15, -0.1) is 0 Å². The highest BCUT2D eigenvalue weighted by atomic mass is 16.6. The van der Waals surface area contributed by atoms with Crippen LogP contribution < -0.4 is 4.74 Å². The maximum atomic E-state index is 13.6. The summed E-state index contributed by atoms with van der Waals surface area (Å²) in [6.45, 7) is 2.71. The second-order valence-electron chi connectivity index (χ2n) is 8.41. The van der Waals surface area contributed by atoms with Crippen molar-refractivity contribution in [2.75, 3.05) is 27.2 Å². The zero-order chi connectivity index (χ0) is 23.4. The van der Waals surface area contributed by atoms with E-state index in [-0.39, 0.29) is 25.0 Å². The Morgan fingerprint density at radius 1 is 1.15 bits per heavy atom. The molecule has 2 amide bonds. The molecule has 1 fully saturated rings. The molecule has 9 nitrogen and oxygen atoms in total. The lowest BCUT2D eigenvalue weighted by Crippen LogP contribution is -2.56. The number of hydrogen-bond donors (Lipinski definition) is 0. The highest BCUT2D eigenvalue weighted by Crippen LogP contribution is 2.36. The number of carbonyl (C=O) groups excluding carboxylic acids is 2. The van der Waals surface area contributed by atoms with Gasteiger partial charge in [0, 0.05) is 33.4 Å². The first-order valence-corrected chi connectivity index (χ1v) is 10.8. The van der Waals surface area contributed by atoms with Crippen LogP contribution in [0.15, 0.2) is 53.3 Å². The molecule has 0 saturated carbocycles. The number of nitrogens with zero attached hydrogens (tertiary/aromatic N) is 5. The molecular formula is C24H27N5O4. The van der Waals surface area contributed by atoms with E-state index in [9.17, 15) is 9.59 Å². The first kappa shape index (κ1) is 22.4. The standard InChI is InChI=1S/C24H27N5O4/c1-17-19(27-33-26-17)15-32-20-10-5-4-9-18(20)22(30)29-14-8-12-24(16-29,23(31)28(2)3)21-11-6-7-13-25-21/h4-7,9-11,13H,8,12,14-16H2,1-3H3. The van der Waals surface area contributed by atoms with Gasteiger partial charge in [-0.3, -0.25) is 14.6 Å². The van der Waals surface area contributed by atoms with Gasteiger partial charge in [0.25, 0.3) is 5.91 Å². The molecule has 4 rings (SSSR count). The first-order chi connectivity index (χ1) is 15.9. The smallest absolute Gasteiger partial charge is 0.257 e. The van der Waals surface area contributed by atoms with Gasteiger partial charge < -0.3 is 14.5 Å². The quantitative estimate of drug-likeness (QED) is 0.570. The van der Waals surface area contributed by atoms with Gasteiger partial charge in [0.1, 0.15) is 29.2 Å². The van der Waals surface area contributed by atoms with Crippen molar-refractivity contribution >= 4 is 11.8 Å². The molecule has 0 radical (unpaired) electrons. The Hall–Kier alpha value is -3.75. The van der Waals surface area contributed by atoms with Crippen molar-refractivity contribution in [3.05, 3.63) is 71.3 Å². The first-order valence-electron chi connectivity index (χ1n) is 10.8. The van der Waals surface area contributed by atoms with Gasteiger partial charge in [0.15, 0.2) is 0 Å². The Balaban J connectivity index is 1.61. The maximum absolute atomic E-state index is 13.6. The minimum absolute atomic E-state index is 0.0581. The van der Waals surface area contributed by atoms with E-state index in [1.165, 1.54) is 0 Å². The van der Waals surface area contributed by atoms with Gasteiger partial charge in [-0.25, -0.2) is 4.63 Å². The number of hydrogen-bond acceptors (Lipinski definition) is 7. The second kappa shape index (κ2) is 9.40. The number of aromatic nitrogens is 3. The fourth-order valence-corrected chi connectivity index (χ4v) is 4.26. The summed E-state index contributed by atoms with van der Waals surface area (Å²) in [5, 5.41) is 7.58. The number of para-hydroxylation sites is 1. The van der Waals surface area contributed by atoms with Crippen LogP contribution in [0.25, 0.3) is 0 Å². The van der Waals surface area contributed by atoms with Crippen molar-refractivity contribution in [3.8, 4) is 5.75 Å². The summed E-state index contributed by atoms with van der Waals surface area (Å²) in [6, 6.07) is 12.6. The van der Waals surface area contributed by atoms with Crippen LogP contribution >= 0.6 is 0 Å². The lowest BCUT2D eigenvalue weighted by Gasteiger charge is -2.42. The van der Waals surface area contributed by atoms with E-state index < -0.39 is 5.41 Å². The van der Waals surface area contributed by atoms with Crippen molar-refractivity contribution in [2.45, 2.75) is 31.8 Å². The molecule has 1 aliphatic rings. The molecule has 33 heavy (non-hydrogen) atoms. The summed E-state index contributed by atoms with van der Waals surface area (Å²) in [6.07, 6.45) is 3.00. The minimum Gasteiger partial charge on any atom is -0.486 e. The van der Waals surface area contributed by atoms with Gasteiger partial charge in [0.2, 0.25) is 5.91 Å². The van der Waals surface area contributed by atoms with Crippen LogP contribution in [-0.2, 0) is 16.8 Å². The average molecular weight is 450 g/mol. The number of amides is 2. The molecule has 3 aromatic rings. The summed E-state index contributed by atoms with van der Waals surface area (Å²) < 4.78 is 10.6. The number of pyridine rings is 1. The van der Waals surface area contributed by atoms with Crippen LogP contribution in [0.5, 0.6) is 5.75 Å². The third-order valence-electron chi connectivity index (χ3n) is 5.98. The van der Waals surface area contributed by atoms with Gasteiger partial charge in [0.05, 0.1) is 11.3 Å². The lowest BCUT2D eigenvalue weighted by atomic mass is 9.75. The number of carbonyl (C=O) groups is 2. The van der Waals surface area contributed by atoms with Crippen LogP contribution in [0.2, 0.25) is 0 Å². The number of likely N-dealkylation sites (tertiary alicyclic amines) is 1. The van der Waals surface area contributed by atoms with Crippen LogP contribution in [-0.4, -0.2) is 64.1 Å². The normalized spacial score (nSPS) is 18.1. The van der Waals surface area contributed by atoms with Gasteiger partial charge >= 0.3 is 0 Å². The molecule has 1 saturated heterocycles. The Morgan fingerprint density at radius 2 is 1.94 bits per heavy atom. The summed E-state index contributed by atoms with van der Waals surface area (Å²) in [5.41, 5.74) is 1.43. The Kier molecular flexibility index (Phi) is 6.39. The number of benzene rings is 1. The molecule has 2 aromatic heterocycles. The van der Waals surface area contributed by atoms with Gasteiger partial charge in [-0.05, 0) is 44.0 Å². The fraction of sp³-hybridized carbons (Fsp3) is 0.375. The van der Waals surface area contributed by atoms with Crippen molar-refractivity contribution in [1.29, 1.82) is 0 Å². The lowest BCUT2D eigenvalue weighted by molar-refractivity contribution is -0.136. The average Bonchev–Trinajstić information content (AvgIpc) is 3.27. The summed E-state index contributed by atoms with van der Waals surface area (Å²) in [5.74, 6) is 0.197. The van der Waals surface area contributed by atoms with Crippen LogP contribution in [0.3, 0.4) is 0 Å². The molecular weight excluding hydrogens is 422 g/mol. The monoisotopic (exact) mass is 449 g/mol. The van der Waals surface area contributed by atoms with E-state index in [0.29, 0.717) is 47.8 Å². The van der Waals surface area contributed by atoms with Crippen molar-refractivity contribution < 1.29 is 19.0 Å². The predicted molar refractivity (Wildman–Crippen MR) is 120 cm³/mol. The molecule has 0 aliphatic carbocycles. The van der Waals surface area contributed by atoms with Crippen molar-refractivity contribution in [3.63, 3.8) is 0 Å². The Labute approximate surface area is 192 Å². The van der Waals surface area contributed by atoms with E-state index in [2.05, 4.69) is 15.3 Å². The highest BCUT2D eigenvalue weighted by molar-refractivity contribution is 5.98. The zero-order valence-corrected chi connectivity index (χ0v) is 19.0. The van der Waals surface area contributed by atoms with E-state index in [4.69, 9.17) is 9.37 Å². The van der Waals surface area contributed by atoms with Gasteiger partial charge in [-0.2, -0.15) is 0 Å². The molecule has 172 valence electrons. The molecule has 9 heteroatoms. The fourth-order valence-electron chi connectivity index (χ4n) is 4.26. The summed E-state index contributed by atoms with van der Waals surface area (Å²) in [7, 11) is 3.47. The number of piperidine rings is 1.